The standard InChI is InChI=1S/C16H12N4O2/c21-20(22)14-7-1-4-12(10-14)11-18-19-15-8-2-5-13-6-3-9-17-16(13)15/h1-11,19H. The topological polar surface area (TPSA) is 80.4 Å². The molecule has 0 aliphatic carbocycles. The number of benzene rings is 2. The molecule has 0 unspecified atom stereocenters. The first-order chi connectivity index (χ1) is 10.7. The van der Waals surface area contributed by atoms with Gasteiger partial charge in [-0.3, -0.25) is 20.5 Å². The summed E-state index contributed by atoms with van der Waals surface area (Å²) in [4.78, 5) is 14.6. The monoisotopic (exact) mass is 292 g/mol. The van der Waals surface area contributed by atoms with Gasteiger partial charge in [0, 0.05) is 29.3 Å². The van der Waals surface area contributed by atoms with Gasteiger partial charge < -0.3 is 0 Å². The summed E-state index contributed by atoms with van der Waals surface area (Å²) in [5.41, 5.74) is 5.21. The van der Waals surface area contributed by atoms with Crippen LogP contribution in [0.4, 0.5) is 11.4 Å². The van der Waals surface area contributed by atoms with Crippen molar-refractivity contribution < 1.29 is 4.92 Å². The van der Waals surface area contributed by atoms with Crippen molar-refractivity contribution >= 4 is 28.5 Å². The number of hydrogen-bond donors (Lipinski definition) is 1. The molecule has 3 rings (SSSR count). The van der Waals surface area contributed by atoms with Crippen LogP contribution in [-0.4, -0.2) is 16.1 Å². The maximum absolute atomic E-state index is 10.7. The van der Waals surface area contributed by atoms with Crippen molar-refractivity contribution in [3.05, 3.63) is 76.5 Å². The highest BCUT2D eigenvalue weighted by Crippen LogP contribution is 2.20. The molecule has 0 spiro atoms. The minimum absolute atomic E-state index is 0.0378. The summed E-state index contributed by atoms with van der Waals surface area (Å²) in [7, 11) is 0. The fraction of sp³-hybridized carbons (Fsp3) is 0. The minimum Gasteiger partial charge on any atom is -0.276 e. The zero-order valence-corrected chi connectivity index (χ0v) is 11.5. The fourth-order valence-corrected chi connectivity index (χ4v) is 2.09. The second-order valence-electron chi connectivity index (χ2n) is 4.60. The van der Waals surface area contributed by atoms with E-state index >= 15 is 0 Å². The van der Waals surface area contributed by atoms with E-state index in [1.807, 2.05) is 30.3 Å². The van der Waals surface area contributed by atoms with Crippen LogP contribution in [0.15, 0.2) is 65.9 Å². The Labute approximate surface area is 126 Å². The van der Waals surface area contributed by atoms with E-state index in [0.717, 1.165) is 16.6 Å². The van der Waals surface area contributed by atoms with Crippen LogP contribution in [0, 0.1) is 10.1 Å². The zero-order chi connectivity index (χ0) is 15.4. The third-order valence-corrected chi connectivity index (χ3v) is 3.11. The second-order valence-corrected chi connectivity index (χ2v) is 4.60. The maximum atomic E-state index is 10.7. The Hall–Kier alpha value is -3.28. The Bertz CT molecular complexity index is 856. The molecule has 1 heterocycles. The van der Waals surface area contributed by atoms with Crippen LogP contribution in [0.25, 0.3) is 10.9 Å². The molecule has 0 saturated carbocycles. The quantitative estimate of drug-likeness (QED) is 0.452. The Balaban J connectivity index is 1.82. The number of para-hydroxylation sites is 1. The molecular weight excluding hydrogens is 280 g/mol. The molecule has 0 aliphatic rings. The number of rotatable bonds is 4. The molecule has 6 heteroatoms. The third-order valence-electron chi connectivity index (χ3n) is 3.11. The molecule has 108 valence electrons. The van der Waals surface area contributed by atoms with Crippen LogP contribution in [0.1, 0.15) is 5.56 Å². The van der Waals surface area contributed by atoms with E-state index in [-0.39, 0.29) is 5.69 Å². The average molecular weight is 292 g/mol. The van der Waals surface area contributed by atoms with E-state index in [0.29, 0.717) is 5.56 Å². The summed E-state index contributed by atoms with van der Waals surface area (Å²) < 4.78 is 0. The molecule has 0 amide bonds. The molecule has 2 aromatic carbocycles. The lowest BCUT2D eigenvalue weighted by Gasteiger charge is -2.04. The van der Waals surface area contributed by atoms with Crippen molar-refractivity contribution in [2.75, 3.05) is 5.43 Å². The van der Waals surface area contributed by atoms with E-state index in [9.17, 15) is 10.1 Å². The maximum Gasteiger partial charge on any atom is 0.270 e. The lowest BCUT2D eigenvalue weighted by molar-refractivity contribution is -0.384. The summed E-state index contributed by atoms with van der Waals surface area (Å²) in [5, 5.41) is 15.9. The number of anilines is 1. The summed E-state index contributed by atoms with van der Waals surface area (Å²) in [6.07, 6.45) is 3.26. The highest BCUT2D eigenvalue weighted by Gasteiger charge is 2.04. The van der Waals surface area contributed by atoms with Gasteiger partial charge >= 0.3 is 0 Å². The molecule has 0 bridgehead atoms. The molecule has 0 fully saturated rings. The van der Waals surface area contributed by atoms with E-state index in [4.69, 9.17) is 0 Å². The number of nitrogens with one attached hydrogen (secondary N) is 1. The summed E-state index contributed by atoms with van der Waals surface area (Å²) in [5.74, 6) is 0. The highest BCUT2D eigenvalue weighted by atomic mass is 16.6. The van der Waals surface area contributed by atoms with Crippen LogP contribution < -0.4 is 5.43 Å². The summed E-state index contributed by atoms with van der Waals surface area (Å²) in [6, 6.07) is 15.9. The fourth-order valence-electron chi connectivity index (χ4n) is 2.09. The van der Waals surface area contributed by atoms with Crippen molar-refractivity contribution in [3.63, 3.8) is 0 Å². The number of hydrazone groups is 1. The number of fused-ring (bicyclic) bond motifs is 1. The van der Waals surface area contributed by atoms with Gasteiger partial charge in [-0.05, 0) is 12.1 Å². The molecular formula is C16H12N4O2. The molecule has 0 atom stereocenters. The number of non-ortho nitro benzene ring substituents is 1. The van der Waals surface area contributed by atoms with Crippen molar-refractivity contribution in [1.29, 1.82) is 0 Å². The second kappa shape index (κ2) is 6.01. The predicted octanol–water partition coefficient (Wildman–Crippen LogP) is 3.59. The Morgan fingerprint density at radius 1 is 1.14 bits per heavy atom. The van der Waals surface area contributed by atoms with Crippen LogP contribution >= 0.6 is 0 Å². The molecule has 1 N–H and O–H groups in total. The zero-order valence-electron chi connectivity index (χ0n) is 11.5. The first-order valence-corrected chi connectivity index (χ1v) is 6.61. The van der Waals surface area contributed by atoms with Crippen molar-refractivity contribution in [2.45, 2.75) is 0 Å². The van der Waals surface area contributed by atoms with Gasteiger partial charge in [0.05, 0.1) is 22.3 Å². The number of nitrogens with zero attached hydrogens (tertiary/aromatic N) is 3. The molecule has 0 aliphatic heterocycles. The van der Waals surface area contributed by atoms with Gasteiger partial charge in [0.1, 0.15) is 0 Å². The van der Waals surface area contributed by atoms with Gasteiger partial charge in [-0.2, -0.15) is 5.10 Å². The molecule has 3 aromatic rings. The summed E-state index contributed by atoms with van der Waals surface area (Å²) in [6.45, 7) is 0. The average Bonchev–Trinajstić information content (AvgIpc) is 2.55. The van der Waals surface area contributed by atoms with Crippen molar-refractivity contribution in [3.8, 4) is 0 Å². The number of nitro groups is 1. The largest absolute Gasteiger partial charge is 0.276 e. The molecule has 0 radical (unpaired) electrons. The smallest absolute Gasteiger partial charge is 0.270 e. The van der Waals surface area contributed by atoms with Crippen LogP contribution in [0.5, 0.6) is 0 Å². The number of nitro benzene ring substituents is 1. The van der Waals surface area contributed by atoms with Crippen molar-refractivity contribution in [1.82, 2.24) is 4.98 Å². The van der Waals surface area contributed by atoms with Crippen molar-refractivity contribution in [2.24, 2.45) is 5.10 Å². The van der Waals surface area contributed by atoms with Gasteiger partial charge in [0.2, 0.25) is 0 Å². The van der Waals surface area contributed by atoms with Crippen LogP contribution in [0.3, 0.4) is 0 Å². The lowest BCUT2D eigenvalue weighted by Crippen LogP contribution is -1.94. The number of hydrogen-bond acceptors (Lipinski definition) is 5. The van der Waals surface area contributed by atoms with Gasteiger partial charge in [-0.15, -0.1) is 0 Å². The molecule has 1 aromatic heterocycles. The SMILES string of the molecule is O=[N+]([O-])c1cccc(C=NNc2cccc3cccnc23)c1. The third kappa shape index (κ3) is 2.90. The van der Waals surface area contributed by atoms with Crippen LogP contribution in [-0.2, 0) is 0 Å². The predicted molar refractivity (Wildman–Crippen MR) is 86.1 cm³/mol. The Morgan fingerprint density at radius 2 is 1.95 bits per heavy atom. The number of aromatic nitrogens is 1. The first-order valence-electron chi connectivity index (χ1n) is 6.61. The highest BCUT2D eigenvalue weighted by molar-refractivity contribution is 5.90. The van der Waals surface area contributed by atoms with E-state index in [2.05, 4.69) is 15.5 Å². The van der Waals surface area contributed by atoms with Gasteiger partial charge in [-0.25, -0.2) is 0 Å². The molecule has 0 saturated heterocycles. The first kappa shape index (κ1) is 13.7. The van der Waals surface area contributed by atoms with Gasteiger partial charge in [-0.1, -0.05) is 30.3 Å². The summed E-state index contributed by atoms with van der Waals surface area (Å²) >= 11 is 0. The lowest BCUT2D eigenvalue weighted by atomic mass is 10.2. The van der Waals surface area contributed by atoms with E-state index < -0.39 is 4.92 Å². The Morgan fingerprint density at radius 3 is 2.82 bits per heavy atom. The Kier molecular flexibility index (Phi) is 3.74. The van der Waals surface area contributed by atoms with Crippen LogP contribution in [0.2, 0.25) is 0 Å². The van der Waals surface area contributed by atoms with E-state index in [1.165, 1.54) is 18.3 Å². The van der Waals surface area contributed by atoms with Gasteiger partial charge in [0.25, 0.3) is 5.69 Å². The minimum atomic E-state index is -0.431. The molecule has 6 nitrogen and oxygen atoms in total. The number of pyridine rings is 1. The normalized spacial score (nSPS) is 10.9. The van der Waals surface area contributed by atoms with E-state index in [1.54, 1.807) is 18.3 Å². The van der Waals surface area contributed by atoms with Gasteiger partial charge in [0.15, 0.2) is 0 Å². The molecule has 22 heavy (non-hydrogen) atoms.